The highest BCUT2D eigenvalue weighted by Crippen LogP contribution is 2.26. The molecule has 20 heavy (non-hydrogen) atoms. The van der Waals surface area contributed by atoms with Gasteiger partial charge in [0.25, 0.3) is 0 Å². The van der Waals surface area contributed by atoms with Gasteiger partial charge >= 0.3 is 0 Å². The maximum Gasteiger partial charge on any atom is 0.0992 e. The van der Waals surface area contributed by atoms with E-state index in [0.717, 1.165) is 12.5 Å². The molecule has 3 rings (SSSR count). The Bertz CT molecular complexity index is 513. The average molecular weight is 269 g/mol. The third-order valence-electron chi connectivity index (χ3n) is 4.28. The van der Waals surface area contributed by atoms with Crippen molar-refractivity contribution in [1.82, 2.24) is 9.55 Å². The first kappa shape index (κ1) is 13.2. The summed E-state index contributed by atoms with van der Waals surface area (Å²) in [4.78, 5) is 4.13. The highest BCUT2D eigenvalue weighted by molar-refractivity contribution is 5.60. The van der Waals surface area contributed by atoms with Crippen molar-refractivity contribution in [3.8, 4) is 5.69 Å². The summed E-state index contributed by atoms with van der Waals surface area (Å²) in [6.07, 6.45) is 14.1. The second-order valence-electron chi connectivity index (χ2n) is 5.71. The number of anilines is 1. The molecular formula is C17H23N3. The van der Waals surface area contributed by atoms with Crippen LogP contribution in [0.5, 0.6) is 0 Å². The Kier molecular flexibility index (Phi) is 4.36. The molecule has 1 aliphatic carbocycles. The van der Waals surface area contributed by atoms with E-state index in [-0.39, 0.29) is 0 Å². The van der Waals surface area contributed by atoms with Crippen LogP contribution in [0, 0.1) is 5.92 Å². The summed E-state index contributed by atoms with van der Waals surface area (Å²) < 4.78 is 2.06. The van der Waals surface area contributed by atoms with Crippen LogP contribution in [0.2, 0.25) is 0 Å². The number of para-hydroxylation sites is 2. The highest BCUT2D eigenvalue weighted by Gasteiger charge is 2.13. The molecule has 1 aromatic carbocycles. The number of hydrogen-bond donors (Lipinski definition) is 1. The van der Waals surface area contributed by atoms with E-state index < -0.39 is 0 Å². The standard InChI is InChI=1S/C17H23N3/c1-2-6-15(7-3-1)10-11-19-16-8-4-5-9-17(16)20-13-12-18-14-20/h4-5,8-9,12-15,19H,1-3,6-7,10-11H2. The van der Waals surface area contributed by atoms with Gasteiger partial charge in [0, 0.05) is 18.9 Å². The quantitative estimate of drug-likeness (QED) is 0.879. The molecule has 0 radical (unpaired) electrons. The lowest BCUT2D eigenvalue weighted by atomic mass is 9.87. The van der Waals surface area contributed by atoms with Gasteiger partial charge in [-0.1, -0.05) is 44.2 Å². The Morgan fingerprint density at radius 2 is 2.00 bits per heavy atom. The number of rotatable bonds is 5. The molecular weight excluding hydrogens is 246 g/mol. The number of imidazole rings is 1. The van der Waals surface area contributed by atoms with E-state index in [0.29, 0.717) is 0 Å². The SMILES string of the molecule is c1ccc(-n2ccnc2)c(NCCC2CCCCC2)c1. The Morgan fingerprint density at radius 3 is 2.80 bits per heavy atom. The third kappa shape index (κ3) is 3.21. The number of nitrogens with zero attached hydrogens (tertiary/aromatic N) is 2. The fourth-order valence-corrected chi connectivity index (χ4v) is 3.14. The molecule has 0 spiro atoms. The predicted molar refractivity (Wildman–Crippen MR) is 83.2 cm³/mol. The largest absolute Gasteiger partial charge is 0.383 e. The molecule has 1 N–H and O–H groups in total. The monoisotopic (exact) mass is 269 g/mol. The van der Waals surface area contributed by atoms with E-state index in [2.05, 4.69) is 39.1 Å². The average Bonchev–Trinajstić information content (AvgIpc) is 3.03. The molecule has 1 saturated carbocycles. The van der Waals surface area contributed by atoms with Gasteiger partial charge < -0.3 is 9.88 Å². The van der Waals surface area contributed by atoms with Crippen molar-refractivity contribution in [2.45, 2.75) is 38.5 Å². The van der Waals surface area contributed by atoms with Crippen molar-refractivity contribution in [2.75, 3.05) is 11.9 Å². The molecule has 1 aliphatic rings. The van der Waals surface area contributed by atoms with E-state index in [4.69, 9.17) is 0 Å². The highest BCUT2D eigenvalue weighted by atomic mass is 15.0. The fourth-order valence-electron chi connectivity index (χ4n) is 3.14. The summed E-state index contributed by atoms with van der Waals surface area (Å²) in [5.74, 6) is 0.927. The lowest BCUT2D eigenvalue weighted by Crippen LogP contribution is -2.13. The van der Waals surface area contributed by atoms with Crippen LogP contribution in [0.1, 0.15) is 38.5 Å². The lowest BCUT2D eigenvalue weighted by Gasteiger charge is -2.22. The molecule has 3 heteroatoms. The summed E-state index contributed by atoms with van der Waals surface area (Å²) in [7, 11) is 0. The summed E-state index contributed by atoms with van der Waals surface area (Å²) >= 11 is 0. The second-order valence-corrected chi connectivity index (χ2v) is 5.71. The Hall–Kier alpha value is -1.77. The molecule has 0 unspecified atom stereocenters. The van der Waals surface area contributed by atoms with Gasteiger partial charge in [-0.15, -0.1) is 0 Å². The summed E-state index contributed by atoms with van der Waals surface area (Å²) in [5, 5.41) is 3.60. The van der Waals surface area contributed by atoms with Crippen LogP contribution in [0.15, 0.2) is 43.0 Å². The molecule has 0 bridgehead atoms. The zero-order valence-electron chi connectivity index (χ0n) is 12.0. The Morgan fingerprint density at radius 1 is 1.15 bits per heavy atom. The van der Waals surface area contributed by atoms with Gasteiger partial charge in [-0.3, -0.25) is 0 Å². The summed E-state index contributed by atoms with van der Waals surface area (Å²) in [6, 6.07) is 8.44. The van der Waals surface area contributed by atoms with Crippen molar-refractivity contribution in [3.63, 3.8) is 0 Å². The van der Waals surface area contributed by atoms with Crippen molar-refractivity contribution in [2.24, 2.45) is 5.92 Å². The number of nitrogens with one attached hydrogen (secondary N) is 1. The maximum absolute atomic E-state index is 4.13. The number of hydrogen-bond acceptors (Lipinski definition) is 2. The van der Waals surface area contributed by atoms with Gasteiger partial charge in [0.05, 0.1) is 17.7 Å². The molecule has 1 fully saturated rings. The van der Waals surface area contributed by atoms with E-state index in [1.54, 1.807) is 0 Å². The van der Waals surface area contributed by atoms with Crippen LogP contribution in [-0.2, 0) is 0 Å². The minimum absolute atomic E-state index is 0.927. The van der Waals surface area contributed by atoms with Gasteiger partial charge in [0.2, 0.25) is 0 Å². The number of benzene rings is 1. The molecule has 0 amide bonds. The van der Waals surface area contributed by atoms with Crippen molar-refractivity contribution >= 4 is 5.69 Å². The van der Waals surface area contributed by atoms with Gasteiger partial charge in [-0.25, -0.2) is 4.98 Å². The van der Waals surface area contributed by atoms with Crippen LogP contribution in [-0.4, -0.2) is 16.1 Å². The first-order chi connectivity index (χ1) is 9.93. The first-order valence-corrected chi connectivity index (χ1v) is 7.75. The molecule has 0 aliphatic heterocycles. The zero-order chi connectivity index (χ0) is 13.6. The van der Waals surface area contributed by atoms with Crippen LogP contribution in [0.4, 0.5) is 5.69 Å². The van der Waals surface area contributed by atoms with Gasteiger partial charge in [-0.05, 0) is 24.5 Å². The second kappa shape index (κ2) is 6.60. The maximum atomic E-state index is 4.13. The topological polar surface area (TPSA) is 29.9 Å². The smallest absolute Gasteiger partial charge is 0.0992 e. The van der Waals surface area contributed by atoms with E-state index in [1.807, 2.05) is 18.7 Å². The minimum atomic E-state index is 0.927. The van der Waals surface area contributed by atoms with Crippen molar-refractivity contribution in [3.05, 3.63) is 43.0 Å². The van der Waals surface area contributed by atoms with E-state index in [9.17, 15) is 0 Å². The molecule has 0 saturated heterocycles. The van der Waals surface area contributed by atoms with Crippen LogP contribution < -0.4 is 5.32 Å². The van der Waals surface area contributed by atoms with E-state index in [1.165, 1.54) is 49.9 Å². The Labute approximate surface area is 121 Å². The van der Waals surface area contributed by atoms with Gasteiger partial charge in [0.1, 0.15) is 0 Å². The Balaban J connectivity index is 1.60. The third-order valence-corrected chi connectivity index (χ3v) is 4.28. The lowest BCUT2D eigenvalue weighted by molar-refractivity contribution is 0.345. The fraction of sp³-hybridized carbons (Fsp3) is 0.471. The van der Waals surface area contributed by atoms with Gasteiger partial charge in [-0.2, -0.15) is 0 Å². The van der Waals surface area contributed by atoms with Crippen molar-refractivity contribution in [1.29, 1.82) is 0 Å². The van der Waals surface area contributed by atoms with Crippen LogP contribution >= 0.6 is 0 Å². The summed E-state index contributed by atoms with van der Waals surface area (Å²) in [6.45, 7) is 1.07. The molecule has 2 aromatic rings. The zero-order valence-corrected chi connectivity index (χ0v) is 12.0. The molecule has 106 valence electrons. The molecule has 1 aromatic heterocycles. The van der Waals surface area contributed by atoms with Crippen LogP contribution in [0.25, 0.3) is 5.69 Å². The van der Waals surface area contributed by atoms with E-state index >= 15 is 0 Å². The van der Waals surface area contributed by atoms with Crippen LogP contribution in [0.3, 0.4) is 0 Å². The molecule has 0 atom stereocenters. The predicted octanol–water partition coefficient (Wildman–Crippen LogP) is 4.25. The van der Waals surface area contributed by atoms with Gasteiger partial charge in [0.15, 0.2) is 0 Å². The van der Waals surface area contributed by atoms with Crippen molar-refractivity contribution < 1.29 is 0 Å². The normalized spacial score (nSPS) is 16.2. The molecule has 1 heterocycles. The number of aromatic nitrogens is 2. The minimum Gasteiger partial charge on any atom is -0.383 e. The first-order valence-electron chi connectivity index (χ1n) is 7.75. The summed E-state index contributed by atoms with van der Waals surface area (Å²) in [5.41, 5.74) is 2.37. The molecule has 3 nitrogen and oxygen atoms in total.